The second-order valence-electron chi connectivity index (χ2n) is 5.53. The zero-order valence-corrected chi connectivity index (χ0v) is 15.5. The molecule has 1 aromatic carbocycles. The summed E-state index contributed by atoms with van der Waals surface area (Å²) in [5.74, 6) is 0.544. The van der Waals surface area contributed by atoms with Crippen LogP contribution in [-0.4, -0.2) is 15.8 Å². The summed E-state index contributed by atoms with van der Waals surface area (Å²) in [7, 11) is 0. The molecule has 0 radical (unpaired) electrons. The fourth-order valence-corrected chi connectivity index (χ4v) is 3.61. The highest BCUT2D eigenvalue weighted by atomic mass is 35.5. The SMILES string of the molecule is O=C(Nc1nc(-c2ccco2)c(-c2ccco2)s1)c1ccc(Cl)c([N+](=O)[O-])c1. The Bertz CT molecular complexity index is 1100. The number of thiazole rings is 1. The van der Waals surface area contributed by atoms with Crippen molar-refractivity contribution in [1.29, 1.82) is 0 Å². The number of aromatic nitrogens is 1. The topological polar surface area (TPSA) is 111 Å². The van der Waals surface area contributed by atoms with Gasteiger partial charge in [-0.2, -0.15) is 0 Å². The highest BCUT2D eigenvalue weighted by Crippen LogP contribution is 2.39. The molecular weight excluding hydrogens is 406 g/mol. The molecule has 0 saturated carbocycles. The number of nitro benzene ring substituents is 1. The predicted octanol–water partition coefficient (Wildman–Crippen LogP) is 5.48. The quantitative estimate of drug-likeness (QED) is 0.341. The van der Waals surface area contributed by atoms with E-state index in [1.54, 1.807) is 24.3 Å². The molecule has 0 saturated heterocycles. The Morgan fingerprint density at radius 2 is 1.86 bits per heavy atom. The zero-order chi connectivity index (χ0) is 19.7. The fraction of sp³-hybridized carbons (Fsp3) is 0. The van der Waals surface area contributed by atoms with E-state index in [0.29, 0.717) is 27.2 Å². The van der Waals surface area contributed by atoms with Crippen molar-refractivity contribution in [2.45, 2.75) is 0 Å². The summed E-state index contributed by atoms with van der Waals surface area (Å²) in [5, 5.41) is 13.9. The molecule has 4 aromatic rings. The third kappa shape index (κ3) is 3.40. The standard InChI is InChI=1S/C18H10ClN3O5S/c19-11-6-5-10(9-12(11)22(24)25)17(23)21-18-20-15(13-3-1-7-26-13)16(28-18)14-4-2-8-27-14/h1-9H,(H,20,21,23). The maximum absolute atomic E-state index is 12.5. The molecule has 0 bridgehead atoms. The molecule has 0 unspecified atom stereocenters. The van der Waals surface area contributed by atoms with E-state index >= 15 is 0 Å². The highest BCUT2D eigenvalue weighted by molar-refractivity contribution is 7.19. The number of hydrogen-bond donors (Lipinski definition) is 1. The Hall–Kier alpha value is -3.43. The van der Waals surface area contributed by atoms with Gasteiger partial charge in [0.1, 0.15) is 21.4 Å². The first kappa shape index (κ1) is 18.0. The maximum Gasteiger partial charge on any atom is 0.288 e. The summed E-state index contributed by atoms with van der Waals surface area (Å²) in [6.45, 7) is 0. The first-order chi connectivity index (χ1) is 13.5. The van der Waals surface area contributed by atoms with Gasteiger partial charge >= 0.3 is 0 Å². The lowest BCUT2D eigenvalue weighted by atomic mass is 10.2. The van der Waals surface area contributed by atoms with Crippen LogP contribution in [0.3, 0.4) is 0 Å². The Morgan fingerprint density at radius 1 is 1.14 bits per heavy atom. The molecule has 0 aliphatic rings. The third-order valence-electron chi connectivity index (χ3n) is 3.75. The van der Waals surface area contributed by atoms with Crippen LogP contribution in [0.5, 0.6) is 0 Å². The van der Waals surface area contributed by atoms with Gasteiger partial charge in [0, 0.05) is 11.6 Å². The van der Waals surface area contributed by atoms with E-state index in [0.717, 1.165) is 6.07 Å². The van der Waals surface area contributed by atoms with Crippen molar-refractivity contribution in [2.75, 3.05) is 5.32 Å². The number of furan rings is 2. The van der Waals surface area contributed by atoms with E-state index in [9.17, 15) is 14.9 Å². The van der Waals surface area contributed by atoms with Crippen LogP contribution in [0.25, 0.3) is 22.1 Å². The highest BCUT2D eigenvalue weighted by Gasteiger charge is 2.21. The molecule has 0 fully saturated rings. The summed E-state index contributed by atoms with van der Waals surface area (Å²) in [4.78, 5) is 28.0. The molecule has 4 rings (SSSR count). The molecule has 0 aliphatic heterocycles. The largest absolute Gasteiger partial charge is 0.463 e. The third-order valence-corrected chi connectivity index (χ3v) is 5.06. The summed E-state index contributed by atoms with van der Waals surface area (Å²) in [6, 6.07) is 10.8. The van der Waals surface area contributed by atoms with Crippen molar-refractivity contribution in [1.82, 2.24) is 4.98 Å². The molecule has 3 aromatic heterocycles. The van der Waals surface area contributed by atoms with Gasteiger partial charge in [0.15, 0.2) is 10.9 Å². The van der Waals surface area contributed by atoms with Gasteiger partial charge in [-0.15, -0.1) is 0 Å². The molecule has 0 aliphatic carbocycles. The Balaban J connectivity index is 1.67. The number of amides is 1. The van der Waals surface area contributed by atoms with Crippen LogP contribution in [0.4, 0.5) is 10.8 Å². The molecule has 140 valence electrons. The van der Waals surface area contributed by atoms with E-state index in [1.165, 1.54) is 36.0 Å². The van der Waals surface area contributed by atoms with Crippen molar-refractivity contribution in [3.8, 4) is 22.1 Å². The van der Waals surface area contributed by atoms with Crippen LogP contribution in [0.1, 0.15) is 10.4 Å². The number of anilines is 1. The van der Waals surface area contributed by atoms with Gasteiger partial charge in [-0.05, 0) is 36.4 Å². The number of benzene rings is 1. The monoisotopic (exact) mass is 415 g/mol. The first-order valence-electron chi connectivity index (χ1n) is 7.87. The maximum atomic E-state index is 12.5. The smallest absolute Gasteiger partial charge is 0.288 e. The van der Waals surface area contributed by atoms with Crippen molar-refractivity contribution in [3.63, 3.8) is 0 Å². The lowest BCUT2D eigenvalue weighted by Gasteiger charge is -2.02. The first-order valence-corrected chi connectivity index (χ1v) is 9.06. The second kappa shape index (κ2) is 7.29. The molecule has 0 atom stereocenters. The molecule has 0 spiro atoms. The molecular formula is C18H10ClN3O5S. The van der Waals surface area contributed by atoms with E-state index in [1.807, 2.05) is 0 Å². The van der Waals surface area contributed by atoms with Gasteiger partial charge in [0.2, 0.25) is 0 Å². The number of nitrogens with zero attached hydrogens (tertiary/aromatic N) is 2. The molecule has 3 heterocycles. The van der Waals surface area contributed by atoms with E-state index in [2.05, 4.69) is 10.3 Å². The molecule has 28 heavy (non-hydrogen) atoms. The van der Waals surface area contributed by atoms with Crippen molar-refractivity contribution >= 4 is 39.7 Å². The van der Waals surface area contributed by atoms with Crippen LogP contribution in [0, 0.1) is 10.1 Å². The minimum absolute atomic E-state index is 0.0454. The molecule has 1 N–H and O–H groups in total. The van der Waals surface area contributed by atoms with Crippen LogP contribution < -0.4 is 5.32 Å². The van der Waals surface area contributed by atoms with E-state index in [-0.39, 0.29) is 16.3 Å². The van der Waals surface area contributed by atoms with E-state index < -0.39 is 10.8 Å². The van der Waals surface area contributed by atoms with Crippen LogP contribution >= 0.6 is 22.9 Å². The average molecular weight is 416 g/mol. The van der Waals surface area contributed by atoms with E-state index in [4.69, 9.17) is 20.4 Å². The predicted molar refractivity (Wildman–Crippen MR) is 104 cm³/mol. The number of carbonyl (C=O) groups is 1. The number of nitrogens with one attached hydrogen (secondary N) is 1. The van der Waals surface area contributed by atoms with Gasteiger partial charge in [-0.3, -0.25) is 20.2 Å². The van der Waals surface area contributed by atoms with Crippen LogP contribution in [-0.2, 0) is 0 Å². The Kier molecular flexibility index (Phi) is 4.68. The molecule has 10 heteroatoms. The number of rotatable bonds is 5. The summed E-state index contributed by atoms with van der Waals surface area (Å²) >= 11 is 6.99. The van der Waals surface area contributed by atoms with Crippen LogP contribution in [0.2, 0.25) is 5.02 Å². The molecule has 8 nitrogen and oxygen atoms in total. The normalized spacial score (nSPS) is 10.8. The van der Waals surface area contributed by atoms with Gasteiger partial charge in [0.25, 0.3) is 11.6 Å². The number of nitro groups is 1. The Morgan fingerprint density at radius 3 is 2.50 bits per heavy atom. The van der Waals surface area contributed by atoms with Crippen molar-refractivity contribution in [3.05, 3.63) is 75.7 Å². The van der Waals surface area contributed by atoms with Crippen LogP contribution in [0.15, 0.2) is 63.8 Å². The minimum Gasteiger partial charge on any atom is -0.463 e. The van der Waals surface area contributed by atoms with Gasteiger partial charge < -0.3 is 8.83 Å². The number of hydrogen-bond acceptors (Lipinski definition) is 7. The lowest BCUT2D eigenvalue weighted by molar-refractivity contribution is -0.384. The van der Waals surface area contributed by atoms with Gasteiger partial charge in [0.05, 0.1) is 17.4 Å². The van der Waals surface area contributed by atoms with Crippen molar-refractivity contribution < 1.29 is 18.6 Å². The molecule has 1 amide bonds. The zero-order valence-electron chi connectivity index (χ0n) is 13.9. The second-order valence-corrected chi connectivity index (χ2v) is 6.94. The summed E-state index contributed by atoms with van der Waals surface area (Å²) < 4.78 is 10.9. The minimum atomic E-state index is -0.646. The van der Waals surface area contributed by atoms with Crippen molar-refractivity contribution in [2.24, 2.45) is 0 Å². The lowest BCUT2D eigenvalue weighted by Crippen LogP contribution is -2.12. The number of carbonyl (C=O) groups excluding carboxylic acids is 1. The van der Waals surface area contributed by atoms with Gasteiger partial charge in [-0.1, -0.05) is 22.9 Å². The fourth-order valence-electron chi connectivity index (χ4n) is 2.49. The van der Waals surface area contributed by atoms with Gasteiger partial charge in [-0.25, -0.2) is 4.98 Å². The number of halogens is 1. The Labute approximate surface area is 166 Å². The summed E-state index contributed by atoms with van der Waals surface area (Å²) in [5.41, 5.74) is 0.258. The average Bonchev–Trinajstić information content (AvgIpc) is 3.42. The summed E-state index contributed by atoms with van der Waals surface area (Å²) in [6.07, 6.45) is 3.05.